The fraction of sp³-hybridized carbons (Fsp3) is 0.353. The summed E-state index contributed by atoms with van der Waals surface area (Å²) in [6.07, 6.45) is -2.97. The molecule has 1 aromatic carbocycles. The highest BCUT2D eigenvalue weighted by atomic mass is 19.4. The van der Waals surface area contributed by atoms with Crippen LogP contribution in [0.1, 0.15) is 16.7 Å². The van der Waals surface area contributed by atoms with Crippen LogP contribution in [0.3, 0.4) is 0 Å². The van der Waals surface area contributed by atoms with Crippen molar-refractivity contribution in [2.75, 3.05) is 19.0 Å². The molecule has 0 saturated heterocycles. The van der Waals surface area contributed by atoms with Gasteiger partial charge in [-0.25, -0.2) is 9.97 Å². The van der Waals surface area contributed by atoms with Gasteiger partial charge in [-0.05, 0) is 44.2 Å². The SMILES string of the molecule is COc1ccc(-c2nccc(NC(C)(C)C(=O)NCC(F)(F)F)n2)cc1.[HH].[HH]. The van der Waals surface area contributed by atoms with Crippen LogP contribution in [0.15, 0.2) is 36.5 Å². The molecule has 9 heteroatoms. The normalized spacial score (nSPS) is 11.8. The minimum atomic E-state index is -4.47. The summed E-state index contributed by atoms with van der Waals surface area (Å²) in [7, 11) is 1.56. The molecule has 0 aliphatic heterocycles. The number of carbonyl (C=O) groups excluding carboxylic acids is 1. The van der Waals surface area contributed by atoms with E-state index in [4.69, 9.17) is 4.74 Å². The lowest BCUT2D eigenvalue weighted by molar-refractivity contribution is -0.140. The summed E-state index contributed by atoms with van der Waals surface area (Å²) in [6, 6.07) is 8.60. The zero-order valence-electron chi connectivity index (χ0n) is 14.5. The molecule has 0 fully saturated rings. The van der Waals surface area contributed by atoms with E-state index in [2.05, 4.69) is 15.3 Å². The van der Waals surface area contributed by atoms with Crippen molar-refractivity contribution in [2.45, 2.75) is 25.6 Å². The molecule has 2 N–H and O–H groups in total. The smallest absolute Gasteiger partial charge is 0.405 e. The topological polar surface area (TPSA) is 76.1 Å². The third-order valence-corrected chi connectivity index (χ3v) is 3.46. The Bertz CT molecular complexity index is 772. The van der Waals surface area contributed by atoms with Crippen molar-refractivity contribution in [3.05, 3.63) is 36.5 Å². The molecule has 0 radical (unpaired) electrons. The molecule has 0 bridgehead atoms. The zero-order valence-corrected chi connectivity index (χ0v) is 14.5. The van der Waals surface area contributed by atoms with Gasteiger partial charge in [0.1, 0.15) is 23.7 Å². The third kappa shape index (κ3) is 5.33. The number of halogens is 3. The highest BCUT2D eigenvalue weighted by Crippen LogP contribution is 2.21. The van der Waals surface area contributed by atoms with Crippen molar-refractivity contribution in [1.82, 2.24) is 15.3 Å². The molecule has 0 aliphatic carbocycles. The number of ether oxygens (including phenoxy) is 1. The summed E-state index contributed by atoms with van der Waals surface area (Å²) in [5.41, 5.74) is -0.565. The van der Waals surface area contributed by atoms with Crippen molar-refractivity contribution in [3.63, 3.8) is 0 Å². The lowest BCUT2D eigenvalue weighted by atomic mass is 10.0. The van der Waals surface area contributed by atoms with Crippen LogP contribution in [0, 0.1) is 0 Å². The molecule has 0 aliphatic rings. The molecule has 26 heavy (non-hydrogen) atoms. The summed E-state index contributed by atoms with van der Waals surface area (Å²) in [6.45, 7) is 1.54. The molecular weight excluding hydrogens is 349 g/mol. The zero-order chi connectivity index (χ0) is 19.4. The summed E-state index contributed by atoms with van der Waals surface area (Å²) < 4.78 is 41.9. The van der Waals surface area contributed by atoms with Crippen LogP contribution in [0.2, 0.25) is 0 Å². The molecule has 0 atom stereocenters. The van der Waals surface area contributed by atoms with Crippen molar-refractivity contribution in [2.24, 2.45) is 0 Å². The number of rotatable bonds is 6. The van der Waals surface area contributed by atoms with Crippen LogP contribution in [0.5, 0.6) is 5.75 Å². The van der Waals surface area contributed by atoms with Gasteiger partial charge in [-0.15, -0.1) is 0 Å². The lowest BCUT2D eigenvalue weighted by Gasteiger charge is -2.26. The first-order valence-corrected chi connectivity index (χ1v) is 7.71. The van der Waals surface area contributed by atoms with Gasteiger partial charge in [0.05, 0.1) is 7.11 Å². The lowest BCUT2D eigenvalue weighted by Crippen LogP contribution is -2.50. The van der Waals surface area contributed by atoms with Gasteiger partial charge in [0.2, 0.25) is 5.91 Å². The van der Waals surface area contributed by atoms with Crippen LogP contribution in [0.4, 0.5) is 19.0 Å². The third-order valence-electron chi connectivity index (χ3n) is 3.46. The molecule has 2 aromatic rings. The summed E-state index contributed by atoms with van der Waals surface area (Å²) >= 11 is 0. The van der Waals surface area contributed by atoms with Crippen molar-refractivity contribution < 1.29 is 25.6 Å². The molecule has 144 valence electrons. The number of benzene rings is 1. The molecule has 1 aromatic heterocycles. The van der Waals surface area contributed by atoms with E-state index >= 15 is 0 Å². The minimum Gasteiger partial charge on any atom is -0.497 e. The van der Waals surface area contributed by atoms with E-state index in [1.54, 1.807) is 31.4 Å². The maximum atomic E-state index is 12.3. The minimum absolute atomic E-state index is 0. The van der Waals surface area contributed by atoms with Gasteiger partial charge in [-0.1, -0.05) is 0 Å². The molecule has 0 unspecified atom stereocenters. The van der Waals surface area contributed by atoms with Gasteiger partial charge in [0, 0.05) is 14.6 Å². The predicted molar refractivity (Wildman–Crippen MR) is 95.0 cm³/mol. The van der Waals surface area contributed by atoms with Crippen molar-refractivity contribution in [1.29, 1.82) is 0 Å². The largest absolute Gasteiger partial charge is 0.497 e. The highest BCUT2D eigenvalue weighted by molar-refractivity contribution is 5.88. The van der Waals surface area contributed by atoms with E-state index in [0.717, 1.165) is 5.56 Å². The number of anilines is 1. The average Bonchev–Trinajstić information content (AvgIpc) is 2.59. The predicted octanol–water partition coefficient (Wildman–Crippen LogP) is 3.51. The fourth-order valence-electron chi connectivity index (χ4n) is 2.09. The molecule has 0 saturated carbocycles. The number of nitrogens with one attached hydrogen (secondary N) is 2. The van der Waals surface area contributed by atoms with E-state index in [-0.39, 0.29) is 2.85 Å². The maximum absolute atomic E-state index is 12.3. The summed E-state index contributed by atoms with van der Waals surface area (Å²) in [4.78, 5) is 20.5. The number of methoxy groups -OCH3 is 1. The first kappa shape index (κ1) is 19.5. The van der Waals surface area contributed by atoms with Crippen LogP contribution < -0.4 is 15.4 Å². The second-order valence-electron chi connectivity index (χ2n) is 6.04. The van der Waals surface area contributed by atoms with E-state index < -0.39 is 24.2 Å². The van der Waals surface area contributed by atoms with Crippen LogP contribution in [0.25, 0.3) is 11.4 Å². The Kier molecular flexibility index (Phi) is 5.69. The Morgan fingerprint density at radius 1 is 1.19 bits per heavy atom. The summed E-state index contributed by atoms with van der Waals surface area (Å²) in [5, 5.41) is 4.69. The molecule has 1 heterocycles. The Balaban J connectivity index is 0.00000364. The van der Waals surface area contributed by atoms with Crippen molar-refractivity contribution in [3.8, 4) is 17.1 Å². The van der Waals surface area contributed by atoms with Crippen LogP contribution in [-0.2, 0) is 4.79 Å². The molecular formula is C17H23F3N4O2. The van der Waals surface area contributed by atoms with Gasteiger partial charge in [0.15, 0.2) is 5.82 Å². The Hall–Kier alpha value is -2.84. The number of hydrogen-bond donors (Lipinski definition) is 2. The molecule has 0 spiro atoms. The van der Waals surface area contributed by atoms with Gasteiger partial charge in [0.25, 0.3) is 0 Å². The average molecular weight is 372 g/mol. The fourth-order valence-corrected chi connectivity index (χ4v) is 2.09. The molecule has 6 nitrogen and oxygen atoms in total. The molecule has 1 amide bonds. The van der Waals surface area contributed by atoms with E-state index in [1.165, 1.54) is 26.1 Å². The number of carbonyl (C=O) groups is 1. The first-order chi connectivity index (χ1) is 12.1. The molecule has 2 rings (SSSR count). The van der Waals surface area contributed by atoms with Crippen molar-refractivity contribution >= 4 is 11.7 Å². The van der Waals surface area contributed by atoms with Crippen LogP contribution >= 0.6 is 0 Å². The number of aromatic nitrogens is 2. The number of hydrogen-bond acceptors (Lipinski definition) is 5. The van der Waals surface area contributed by atoms with E-state index in [1.807, 2.05) is 5.32 Å². The Morgan fingerprint density at radius 3 is 2.42 bits per heavy atom. The summed E-state index contributed by atoms with van der Waals surface area (Å²) in [5.74, 6) is 0.618. The van der Waals surface area contributed by atoms with E-state index in [0.29, 0.717) is 17.4 Å². The number of nitrogens with zero attached hydrogens (tertiary/aromatic N) is 2. The monoisotopic (exact) mass is 372 g/mol. The first-order valence-electron chi connectivity index (χ1n) is 7.71. The Labute approximate surface area is 151 Å². The van der Waals surface area contributed by atoms with Gasteiger partial charge in [-0.2, -0.15) is 13.2 Å². The van der Waals surface area contributed by atoms with Gasteiger partial charge in [-0.3, -0.25) is 4.79 Å². The van der Waals surface area contributed by atoms with Crippen LogP contribution in [-0.4, -0.2) is 41.2 Å². The second-order valence-corrected chi connectivity index (χ2v) is 6.04. The quantitative estimate of drug-likeness (QED) is 0.812. The van der Waals surface area contributed by atoms with E-state index in [9.17, 15) is 18.0 Å². The second kappa shape index (κ2) is 7.59. The number of amides is 1. The standard InChI is InChI=1S/C17H19F3N4O2.2H2/c1-16(2,15(25)22-10-17(18,19)20)24-13-8-9-21-14(23-13)11-4-6-12(26-3)7-5-11;;/h4-9H,10H2,1-3H3,(H,22,25)(H,21,23,24);2*1H. The number of alkyl halides is 3. The Morgan fingerprint density at radius 2 is 1.85 bits per heavy atom. The maximum Gasteiger partial charge on any atom is 0.405 e. The highest BCUT2D eigenvalue weighted by Gasteiger charge is 2.33. The van der Waals surface area contributed by atoms with Gasteiger partial charge < -0.3 is 15.4 Å². The van der Waals surface area contributed by atoms with Gasteiger partial charge >= 0.3 is 6.18 Å².